The van der Waals surface area contributed by atoms with E-state index in [1.54, 1.807) is 0 Å². The molecule has 0 aliphatic carbocycles. The van der Waals surface area contributed by atoms with Crippen molar-refractivity contribution in [2.24, 2.45) is 10.8 Å². The average Bonchev–Trinajstić information content (AvgIpc) is 2.48. The molecular weight excluding hydrogens is 304 g/mol. The number of hydrogen-bond acceptors (Lipinski definition) is 8. The van der Waals surface area contributed by atoms with Crippen LogP contribution in [-0.4, -0.2) is 110 Å². The van der Waals surface area contributed by atoms with Crippen molar-refractivity contribution in [3.05, 3.63) is 0 Å². The minimum absolute atomic E-state index is 0.282. The SMILES string of the molecule is CC12CN3CC(C)(CN(C1)C3[C@H](O)[C@@H](O)[C@@H](O)[C@@H](O)CO)C2O. The van der Waals surface area contributed by atoms with E-state index >= 15 is 0 Å². The van der Waals surface area contributed by atoms with Gasteiger partial charge in [0, 0.05) is 37.0 Å². The van der Waals surface area contributed by atoms with Gasteiger partial charge in [0.1, 0.15) is 24.4 Å². The molecule has 4 rings (SSSR count). The lowest BCUT2D eigenvalue weighted by Crippen LogP contribution is -2.81. The molecule has 4 bridgehead atoms. The van der Waals surface area contributed by atoms with Crippen LogP contribution < -0.4 is 0 Å². The zero-order valence-electron chi connectivity index (χ0n) is 13.6. The summed E-state index contributed by atoms with van der Waals surface area (Å²) < 4.78 is 0. The summed E-state index contributed by atoms with van der Waals surface area (Å²) in [5, 5.41) is 59.6. The molecule has 23 heavy (non-hydrogen) atoms. The molecule has 0 amide bonds. The van der Waals surface area contributed by atoms with E-state index in [1.807, 2.05) is 23.6 Å². The first kappa shape index (κ1) is 17.5. The fraction of sp³-hybridized carbons (Fsp3) is 1.00. The van der Waals surface area contributed by atoms with Gasteiger partial charge >= 0.3 is 0 Å². The molecule has 4 saturated heterocycles. The quantitative estimate of drug-likeness (QED) is 0.310. The monoisotopic (exact) mass is 332 g/mol. The van der Waals surface area contributed by atoms with Crippen molar-refractivity contribution in [2.75, 3.05) is 32.8 Å². The number of aliphatic hydroxyl groups is 6. The highest BCUT2D eigenvalue weighted by molar-refractivity contribution is 5.14. The predicted octanol–water partition coefficient (Wildman–Crippen LogP) is -3.23. The lowest BCUT2D eigenvalue weighted by Gasteiger charge is -2.68. The van der Waals surface area contributed by atoms with Gasteiger partial charge in [0.05, 0.1) is 18.9 Å². The van der Waals surface area contributed by atoms with Crippen LogP contribution in [0.1, 0.15) is 13.8 Å². The smallest absolute Gasteiger partial charge is 0.111 e. The molecule has 6 N–H and O–H groups in total. The number of nitrogens with zero attached hydrogens (tertiary/aromatic N) is 2. The Morgan fingerprint density at radius 1 is 0.913 bits per heavy atom. The second-order valence-electron chi connectivity index (χ2n) is 8.16. The molecule has 4 atom stereocenters. The third-order valence-electron chi connectivity index (χ3n) is 5.91. The molecule has 0 aromatic rings. The molecule has 4 heterocycles. The van der Waals surface area contributed by atoms with E-state index in [9.17, 15) is 25.5 Å². The van der Waals surface area contributed by atoms with Gasteiger partial charge in [-0.1, -0.05) is 13.8 Å². The van der Waals surface area contributed by atoms with Gasteiger partial charge in [0.15, 0.2) is 0 Å². The Morgan fingerprint density at radius 2 is 1.35 bits per heavy atom. The fourth-order valence-electron chi connectivity index (χ4n) is 5.01. The maximum atomic E-state index is 10.6. The third-order valence-corrected chi connectivity index (χ3v) is 5.91. The molecule has 0 aromatic heterocycles. The summed E-state index contributed by atoms with van der Waals surface area (Å²) in [5.41, 5.74) is -0.564. The van der Waals surface area contributed by atoms with Gasteiger partial charge in [-0.05, 0) is 0 Å². The standard InChI is InChI=1S/C15H28N2O6/c1-14-4-16-6-15(2,13(14)23)7-17(5-14)12(16)11(22)10(21)9(20)8(19)3-18/h8-13,18-23H,3-7H2,1-2H3/t8-,9-,10-,11+,12?,13?,14?,15?/m0/s1. The van der Waals surface area contributed by atoms with Crippen LogP contribution in [-0.2, 0) is 0 Å². The summed E-state index contributed by atoms with van der Waals surface area (Å²) in [6, 6.07) is 0. The van der Waals surface area contributed by atoms with E-state index in [4.69, 9.17) is 5.11 Å². The molecule has 8 nitrogen and oxygen atoms in total. The van der Waals surface area contributed by atoms with Crippen LogP contribution in [0.3, 0.4) is 0 Å². The lowest BCUT2D eigenvalue weighted by molar-refractivity contribution is -0.277. The van der Waals surface area contributed by atoms with Gasteiger partial charge in [0.2, 0.25) is 0 Å². The maximum absolute atomic E-state index is 10.6. The van der Waals surface area contributed by atoms with Gasteiger partial charge in [-0.25, -0.2) is 0 Å². The van der Waals surface area contributed by atoms with E-state index in [0.29, 0.717) is 26.2 Å². The summed E-state index contributed by atoms with van der Waals surface area (Å²) in [4.78, 5) is 4.07. The lowest BCUT2D eigenvalue weighted by atomic mass is 9.60. The molecule has 4 fully saturated rings. The van der Waals surface area contributed by atoms with E-state index in [1.165, 1.54) is 0 Å². The van der Waals surface area contributed by atoms with Crippen LogP contribution in [0.25, 0.3) is 0 Å². The molecule has 8 heteroatoms. The number of aliphatic hydroxyl groups excluding tert-OH is 6. The molecule has 4 aliphatic rings. The third kappa shape index (κ3) is 2.52. The zero-order chi connectivity index (χ0) is 17.2. The minimum atomic E-state index is -1.62. The Morgan fingerprint density at radius 3 is 1.74 bits per heavy atom. The Labute approximate surface area is 135 Å². The van der Waals surface area contributed by atoms with E-state index in [-0.39, 0.29) is 10.8 Å². The number of hydrogen-bond donors (Lipinski definition) is 6. The summed E-state index contributed by atoms with van der Waals surface area (Å²) >= 11 is 0. The van der Waals surface area contributed by atoms with E-state index < -0.39 is 43.3 Å². The number of piperidine rings is 2. The number of rotatable bonds is 5. The topological polar surface area (TPSA) is 128 Å². The first-order valence-corrected chi connectivity index (χ1v) is 8.12. The van der Waals surface area contributed by atoms with Gasteiger partial charge in [0.25, 0.3) is 0 Å². The predicted molar refractivity (Wildman–Crippen MR) is 80.3 cm³/mol. The van der Waals surface area contributed by atoms with Crippen molar-refractivity contribution < 1.29 is 30.6 Å². The summed E-state index contributed by atoms with van der Waals surface area (Å²) in [6.45, 7) is 5.78. The van der Waals surface area contributed by atoms with E-state index in [2.05, 4.69) is 0 Å². The van der Waals surface area contributed by atoms with Crippen LogP contribution in [0.15, 0.2) is 0 Å². The van der Waals surface area contributed by atoms with Gasteiger partial charge in [-0.3, -0.25) is 9.80 Å². The Kier molecular flexibility index (Phi) is 4.26. The van der Waals surface area contributed by atoms with Crippen LogP contribution >= 0.6 is 0 Å². The van der Waals surface area contributed by atoms with E-state index in [0.717, 1.165) is 0 Å². The van der Waals surface area contributed by atoms with Crippen molar-refractivity contribution in [1.82, 2.24) is 9.80 Å². The van der Waals surface area contributed by atoms with Crippen LogP contribution in [0.4, 0.5) is 0 Å². The summed E-state index contributed by atoms with van der Waals surface area (Å²) in [7, 11) is 0. The largest absolute Gasteiger partial charge is 0.394 e. The van der Waals surface area contributed by atoms with Crippen molar-refractivity contribution in [1.29, 1.82) is 0 Å². The first-order chi connectivity index (χ1) is 10.6. The molecule has 4 aliphatic heterocycles. The van der Waals surface area contributed by atoms with Crippen molar-refractivity contribution in [2.45, 2.75) is 50.5 Å². The molecule has 134 valence electrons. The van der Waals surface area contributed by atoms with Crippen LogP contribution in [0.5, 0.6) is 0 Å². The first-order valence-electron chi connectivity index (χ1n) is 8.12. The highest BCUT2D eigenvalue weighted by Crippen LogP contribution is 2.51. The Bertz CT molecular complexity index is 425. The highest BCUT2D eigenvalue weighted by Gasteiger charge is 2.63. The highest BCUT2D eigenvalue weighted by atomic mass is 16.4. The molecule has 0 aromatic carbocycles. The van der Waals surface area contributed by atoms with Crippen LogP contribution in [0, 0.1) is 10.8 Å². The molecule has 0 spiro atoms. The molecule has 0 unspecified atom stereocenters. The van der Waals surface area contributed by atoms with Crippen molar-refractivity contribution in [3.8, 4) is 0 Å². The molecule has 0 saturated carbocycles. The second-order valence-corrected chi connectivity index (χ2v) is 8.16. The average molecular weight is 332 g/mol. The van der Waals surface area contributed by atoms with Crippen LogP contribution in [0.2, 0.25) is 0 Å². The maximum Gasteiger partial charge on any atom is 0.111 e. The van der Waals surface area contributed by atoms with Crippen molar-refractivity contribution >= 4 is 0 Å². The van der Waals surface area contributed by atoms with Crippen molar-refractivity contribution in [3.63, 3.8) is 0 Å². The normalized spacial score (nSPS) is 50.6. The fourth-order valence-corrected chi connectivity index (χ4v) is 5.01. The Hall–Kier alpha value is -0.320. The van der Waals surface area contributed by atoms with Gasteiger partial charge in [-0.2, -0.15) is 0 Å². The Balaban J connectivity index is 1.78. The second kappa shape index (κ2) is 5.60. The zero-order valence-corrected chi connectivity index (χ0v) is 13.6. The van der Waals surface area contributed by atoms with Gasteiger partial charge < -0.3 is 30.6 Å². The summed E-state index contributed by atoms with van der Waals surface area (Å²) in [6.07, 6.45) is -6.85. The molecule has 0 radical (unpaired) electrons. The van der Waals surface area contributed by atoms with Gasteiger partial charge in [-0.15, -0.1) is 0 Å². The molecular formula is C15H28N2O6. The summed E-state index contributed by atoms with van der Waals surface area (Å²) in [5.74, 6) is 0. The minimum Gasteiger partial charge on any atom is -0.394 e.